The van der Waals surface area contributed by atoms with Gasteiger partial charge in [-0.25, -0.2) is 0 Å². The second-order valence-corrected chi connectivity index (χ2v) is 22.4. The van der Waals surface area contributed by atoms with E-state index in [9.17, 15) is 14.4 Å². The van der Waals surface area contributed by atoms with Crippen LogP contribution in [0.25, 0.3) is 0 Å². The number of esters is 3. The maximum atomic E-state index is 12.8. The van der Waals surface area contributed by atoms with E-state index in [-0.39, 0.29) is 31.1 Å². The van der Waals surface area contributed by atoms with E-state index in [1.807, 2.05) is 0 Å². The number of carbonyl (C=O) groups is 3. The molecule has 1 unspecified atom stereocenters. The van der Waals surface area contributed by atoms with Crippen molar-refractivity contribution in [3.8, 4) is 0 Å². The molecular formula is C66H126O6. The Hall–Kier alpha value is -1.85. The van der Waals surface area contributed by atoms with Crippen molar-refractivity contribution in [2.24, 2.45) is 0 Å². The van der Waals surface area contributed by atoms with Crippen molar-refractivity contribution in [2.75, 3.05) is 13.2 Å². The Morgan fingerprint density at radius 3 is 0.694 bits per heavy atom. The van der Waals surface area contributed by atoms with Crippen molar-refractivity contribution in [1.82, 2.24) is 0 Å². The standard InChI is InChI=1S/C66H126O6/c1-4-7-10-13-16-19-21-23-25-27-28-29-30-31-32-33-34-35-36-37-38-40-41-43-45-47-50-53-56-59-65(68)71-62-63(61-70-64(67)58-55-52-49-18-15-12-9-6-3)72-66(69)60-57-54-51-48-46-44-42-39-26-24-22-20-17-14-11-8-5-2/h24,26,63H,4-23,25,27-62H2,1-3H3/b26-24-. The van der Waals surface area contributed by atoms with Crippen molar-refractivity contribution in [3.63, 3.8) is 0 Å². The predicted molar refractivity (Wildman–Crippen MR) is 312 cm³/mol. The van der Waals surface area contributed by atoms with E-state index < -0.39 is 6.10 Å². The van der Waals surface area contributed by atoms with E-state index in [0.717, 1.165) is 57.8 Å². The first-order chi connectivity index (χ1) is 35.5. The molecule has 0 aromatic heterocycles. The molecule has 0 bridgehead atoms. The van der Waals surface area contributed by atoms with Crippen LogP contribution in [0.5, 0.6) is 0 Å². The second kappa shape index (κ2) is 61.7. The van der Waals surface area contributed by atoms with Crippen LogP contribution in [-0.2, 0) is 28.6 Å². The highest BCUT2D eigenvalue weighted by molar-refractivity contribution is 5.71. The largest absolute Gasteiger partial charge is 0.462 e. The number of allylic oxidation sites excluding steroid dienone is 2. The second-order valence-electron chi connectivity index (χ2n) is 22.4. The molecule has 0 saturated heterocycles. The number of rotatable bonds is 61. The highest BCUT2D eigenvalue weighted by Gasteiger charge is 2.19. The fourth-order valence-electron chi connectivity index (χ4n) is 10.1. The van der Waals surface area contributed by atoms with Crippen LogP contribution in [0, 0.1) is 0 Å². The number of hydrogen-bond acceptors (Lipinski definition) is 6. The van der Waals surface area contributed by atoms with Crippen LogP contribution in [0.3, 0.4) is 0 Å². The van der Waals surface area contributed by atoms with E-state index in [0.29, 0.717) is 19.3 Å². The van der Waals surface area contributed by atoms with Crippen LogP contribution in [0.15, 0.2) is 12.2 Å². The monoisotopic (exact) mass is 1010 g/mol. The summed E-state index contributed by atoms with van der Waals surface area (Å²) in [6, 6.07) is 0. The normalized spacial score (nSPS) is 12.0. The summed E-state index contributed by atoms with van der Waals surface area (Å²) in [6.07, 6.45) is 72.6. The first kappa shape index (κ1) is 70.1. The minimum atomic E-state index is -0.766. The summed E-state index contributed by atoms with van der Waals surface area (Å²) < 4.78 is 16.9. The van der Waals surface area contributed by atoms with Crippen LogP contribution in [0.4, 0.5) is 0 Å². The summed E-state index contributed by atoms with van der Waals surface area (Å²) in [7, 11) is 0. The van der Waals surface area contributed by atoms with Crippen molar-refractivity contribution < 1.29 is 28.6 Å². The molecule has 0 amide bonds. The summed E-state index contributed by atoms with van der Waals surface area (Å²) in [6.45, 7) is 6.67. The van der Waals surface area contributed by atoms with Gasteiger partial charge in [0.05, 0.1) is 0 Å². The Bertz CT molecular complexity index is 1120. The van der Waals surface area contributed by atoms with Gasteiger partial charge in [0, 0.05) is 19.3 Å². The third-order valence-electron chi connectivity index (χ3n) is 15.0. The number of unbranched alkanes of at least 4 members (excludes halogenated alkanes) is 48. The van der Waals surface area contributed by atoms with E-state index in [4.69, 9.17) is 14.2 Å². The molecule has 0 aliphatic heterocycles. The SMILES string of the molecule is CCCCCCCC/C=C\CCCCCCCCCC(=O)OC(COC(=O)CCCCCCCCCC)COC(=O)CCCCCCCCCCCCCCCCCCCCCCCCCCCCCCC. The van der Waals surface area contributed by atoms with Crippen LogP contribution < -0.4 is 0 Å². The minimum Gasteiger partial charge on any atom is -0.462 e. The molecule has 0 radical (unpaired) electrons. The van der Waals surface area contributed by atoms with E-state index in [1.165, 1.54) is 276 Å². The maximum Gasteiger partial charge on any atom is 0.306 e. The maximum absolute atomic E-state index is 12.8. The lowest BCUT2D eigenvalue weighted by molar-refractivity contribution is -0.167. The average molecular weight is 1020 g/mol. The van der Waals surface area contributed by atoms with Gasteiger partial charge in [0.1, 0.15) is 13.2 Å². The van der Waals surface area contributed by atoms with Gasteiger partial charge in [-0.15, -0.1) is 0 Å². The molecule has 0 heterocycles. The van der Waals surface area contributed by atoms with Crippen LogP contribution in [0.1, 0.15) is 374 Å². The van der Waals surface area contributed by atoms with Crippen LogP contribution in [-0.4, -0.2) is 37.2 Å². The molecule has 6 heteroatoms. The zero-order valence-corrected chi connectivity index (χ0v) is 49.0. The lowest BCUT2D eigenvalue weighted by Crippen LogP contribution is -2.30. The lowest BCUT2D eigenvalue weighted by atomic mass is 10.0. The van der Waals surface area contributed by atoms with Gasteiger partial charge in [-0.1, -0.05) is 322 Å². The molecule has 0 aliphatic rings. The molecule has 0 spiro atoms. The van der Waals surface area contributed by atoms with Gasteiger partial charge in [0.25, 0.3) is 0 Å². The van der Waals surface area contributed by atoms with E-state index in [2.05, 4.69) is 32.9 Å². The fraction of sp³-hybridized carbons (Fsp3) is 0.924. The highest BCUT2D eigenvalue weighted by Crippen LogP contribution is 2.18. The van der Waals surface area contributed by atoms with Gasteiger partial charge in [-0.2, -0.15) is 0 Å². The summed E-state index contributed by atoms with van der Waals surface area (Å²) in [5, 5.41) is 0. The molecule has 0 saturated carbocycles. The summed E-state index contributed by atoms with van der Waals surface area (Å²) in [4.78, 5) is 38.1. The zero-order valence-electron chi connectivity index (χ0n) is 49.0. The van der Waals surface area contributed by atoms with Gasteiger partial charge < -0.3 is 14.2 Å². The third-order valence-corrected chi connectivity index (χ3v) is 15.0. The lowest BCUT2D eigenvalue weighted by Gasteiger charge is -2.18. The molecule has 0 aliphatic carbocycles. The zero-order chi connectivity index (χ0) is 52.2. The Labute approximate surface area is 450 Å². The highest BCUT2D eigenvalue weighted by atomic mass is 16.6. The number of hydrogen-bond donors (Lipinski definition) is 0. The summed E-state index contributed by atoms with van der Waals surface area (Å²) in [5.74, 6) is -0.849. The van der Waals surface area contributed by atoms with E-state index >= 15 is 0 Å². The molecule has 1 atom stereocenters. The molecule has 426 valence electrons. The summed E-state index contributed by atoms with van der Waals surface area (Å²) >= 11 is 0. The molecular weight excluding hydrogens is 889 g/mol. The summed E-state index contributed by atoms with van der Waals surface area (Å²) in [5.41, 5.74) is 0. The molecule has 6 nitrogen and oxygen atoms in total. The smallest absolute Gasteiger partial charge is 0.306 e. The third kappa shape index (κ3) is 59.0. The average Bonchev–Trinajstić information content (AvgIpc) is 3.38. The van der Waals surface area contributed by atoms with Gasteiger partial charge in [-0.05, 0) is 44.9 Å². The molecule has 0 aromatic carbocycles. The molecule has 0 N–H and O–H groups in total. The molecule has 0 aromatic rings. The first-order valence-electron chi connectivity index (χ1n) is 32.7. The quantitative estimate of drug-likeness (QED) is 0.0261. The Morgan fingerprint density at radius 2 is 0.458 bits per heavy atom. The van der Waals surface area contributed by atoms with Crippen molar-refractivity contribution in [3.05, 3.63) is 12.2 Å². The minimum absolute atomic E-state index is 0.0661. The Kier molecular flexibility index (Phi) is 60.1. The molecule has 0 fully saturated rings. The van der Waals surface area contributed by atoms with Gasteiger partial charge in [0.2, 0.25) is 0 Å². The predicted octanol–water partition coefficient (Wildman–Crippen LogP) is 22.1. The number of ether oxygens (including phenoxy) is 3. The molecule has 72 heavy (non-hydrogen) atoms. The van der Waals surface area contributed by atoms with Crippen molar-refractivity contribution in [2.45, 2.75) is 380 Å². The van der Waals surface area contributed by atoms with Gasteiger partial charge >= 0.3 is 17.9 Å². The van der Waals surface area contributed by atoms with Gasteiger partial charge in [0.15, 0.2) is 6.10 Å². The van der Waals surface area contributed by atoms with Crippen LogP contribution >= 0.6 is 0 Å². The van der Waals surface area contributed by atoms with Crippen molar-refractivity contribution >= 4 is 17.9 Å². The number of carbonyl (C=O) groups excluding carboxylic acids is 3. The molecule has 0 rings (SSSR count). The first-order valence-corrected chi connectivity index (χ1v) is 32.7. The van der Waals surface area contributed by atoms with Crippen molar-refractivity contribution in [1.29, 1.82) is 0 Å². The Balaban J connectivity index is 4.03. The van der Waals surface area contributed by atoms with E-state index in [1.54, 1.807) is 0 Å². The van der Waals surface area contributed by atoms with Gasteiger partial charge in [-0.3, -0.25) is 14.4 Å². The fourth-order valence-corrected chi connectivity index (χ4v) is 10.1. The topological polar surface area (TPSA) is 78.9 Å². The Morgan fingerprint density at radius 1 is 0.264 bits per heavy atom. The van der Waals surface area contributed by atoms with Crippen LogP contribution in [0.2, 0.25) is 0 Å².